The van der Waals surface area contributed by atoms with E-state index in [9.17, 15) is 13.6 Å². The second-order valence-electron chi connectivity index (χ2n) is 3.64. The monoisotopic (exact) mass is 274 g/mol. The van der Waals surface area contributed by atoms with Crippen molar-refractivity contribution in [2.24, 2.45) is 5.73 Å². The molecule has 0 aromatic rings. The molecule has 1 atom stereocenters. The zero-order chi connectivity index (χ0) is 12.6. The molecule has 0 saturated carbocycles. The molecule has 0 fully saturated rings. The van der Waals surface area contributed by atoms with Crippen molar-refractivity contribution >= 4 is 18.3 Å². The molecule has 0 saturated heterocycles. The van der Waals surface area contributed by atoms with Crippen molar-refractivity contribution in [2.75, 3.05) is 19.7 Å². The number of alkyl halides is 2. The van der Waals surface area contributed by atoms with Gasteiger partial charge in [0.15, 0.2) is 0 Å². The van der Waals surface area contributed by atoms with E-state index in [4.69, 9.17) is 10.5 Å². The Morgan fingerprint density at radius 3 is 2.59 bits per heavy atom. The molecule has 0 aliphatic rings. The van der Waals surface area contributed by atoms with Gasteiger partial charge >= 0.3 is 0 Å². The smallest absolute Gasteiger partial charge is 0.277 e. The SMILES string of the molecule is CCCCOC(C)C(=O)NCC(F)(F)CN.Cl. The maximum Gasteiger partial charge on any atom is 0.277 e. The summed E-state index contributed by atoms with van der Waals surface area (Å²) >= 11 is 0. The van der Waals surface area contributed by atoms with Crippen LogP contribution in [-0.4, -0.2) is 37.6 Å². The number of hydrogen-bond acceptors (Lipinski definition) is 3. The minimum atomic E-state index is -3.06. The molecule has 0 spiro atoms. The number of carbonyl (C=O) groups excluding carboxylic acids is 1. The quantitative estimate of drug-likeness (QED) is 0.656. The molecule has 0 aromatic carbocycles. The molecule has 7 heteroatoms. The Balaban J connectivity index is 0. The van der Waals surface area contributed by atoms with E-state index < -0.39 is 31.0 Å². The zero-order valence-corrected chi connectivity index (χ0v) is 11.0. The average Bonchev–Trinajstić information content (AvgIpc) is 2.26. The minimum absolute atomic E-state index is 0. The molecule has 0 bridgehead atoms. The lowest BCUT2D eigenvalue weighted by Crippen LogP contribution is -2.44. The summed E-state index contributed by atoms with van der Waals surface area (Å²) in [5.74, 6) is -3.59. The van der Waals surface area contributed by atoms with Gasteiger partial charge in [-0.25, -0.2) is 8.78 Å². The fraction of sp³-hybridized carbons (Fsp3) is 0.900. The first-order valence-electron chi connectivity index (χ1n) is 5.40. The van der Waals surface area contributed by atoms with Crippen LogP contribution in [0.25, 0.3) is 0 Å². The van der Waals surface area contributed by atoms with Gasteiger partial charge in [-0.1, -0.05) is 13.3 Å². The Hall–Kier alpha value is -0.460. The fourth-order valence-corrected chi connectivity index (χ4v) is 0.912. The largest absolute Gasteiger partial charge is 0.369 e. The van der Waals surface area contributed by atoms with Crippen LogP contribution < -0.4 is 11.1 Å². The van der Waals surface area contributed by atoms with E-state index in [1.807, 2.05) is 6.92 Å². The second-order valence-corrected chi connectivity index (χ2v) is 3.64. The van der Waals surface area contributed by atoms with Crippen LogP contribution in [0.15, 0.2) is 0 Å². The highest BCUT2D eigenvalue weighted by Crippen LogP contribution is 2.08. The van der Waals surface area contributed by atoms with E-state index in [0.29, 0.717) is 6.61 Å². The zero-order valence-electron chi connectivity index (χ0n) is 10.2. The van der Waals surface area contributed by atoms with Gasteiger partial charge in [-0.15, -0.1) is 12.4 Å². The summed E-state index contributed by atoms with van der Waals surface area (Å²) in [6.45, 7) is 2.46. The van der Waals surface area contributed by atoms with Crippen LogP contribution in [-0.2, 0) is 9.53 Å². The van der Waals surface area contributed by atoms with Crippen LogP contribution in [0.1, 0.15) is 26.7 Å². The van der Waals surface area contributed by atoms with Crippen molar-refractivity contribution in [1.29, 1.82) is 0 Å². The number of halogens is 3. The van der Waals surface area contributed by atoms with Gasteiger partial charge in [-0.05, 0) is 13.3 Å². The topological polar surface area (TPSA) is 64.3 Å². The van der Waals surface area contributed by atoms with Gasteiger partial charge in [0.05, 0.1) is 13.1 Å². The lowest BCUT2D eigenvalue weighted by molar-refractivity contribution is -0.133. The van der Waals surface area contributed by atoms with Gasteiger partial charge < -0.3 is 15.8 Å². The van der Waals surface area contributed by atoms with E-state index in [-0.39, 0.29) is 12.4 Å². The highest BCUT2D eigenvalue weighted by atomic mass is 35.5. The number of nitrogens with one attached hydrogen (secondary N) is 1. The fourth-order valence-electron chi connectivity index (χ4n) is 0.912. The molecule has 0 aliphatic heterocycles. The van der Waals surface area contributed by atoms with E-state index in [1.54, 1.807) is 0 Å². The summed E-state index contributed by atoms with van der Waals surface area (Å²) in [6.07, 6.45) is 1.09. The number of nitrogens with two attached hydrogens (primary N) is 1. The average molecular weight is 275 g/mol. The van der Waals surface area contributed by atoms with Gasteiger partial charge in [0.1, 0.15) is 6.10 Å². The van der Waals surface area contributed by atoms with Crippen LogP contribution in [0.2, 0.25) is 0 Å². The van der Waals surface area contributed by atoms with Crippen LogP contribution in [0.5, 0.6) is 0 Å². The lowest BCUT2D eigenvalue weighted by atomic mass is 10.3. The molecule has 0 aromatic heterocycles. The van der Waals surface area contributed by atoms with Gasteiger partial charge in [-0.2, -0.15) is 0 Å². The van der Waals surface area contributed by atoms with Crippen LogP contribution in [0.4, 0.5) is 8.78 Å². The highest BCUT2D eigenvalue weighted by Gasteiger charge is 2.28. The van der Waals surface area contributed by atoms with Gasteiger partial charge in [0.25, 0.3) is 5.92 Å². The van der Waals surface area contributed by atoms with Gasteiger partial charge in [0.2, 0.25) is 5.91 Å². The maximum absolute atomic E-state index is 12.7. The van der Waals surface area contributed by atoms with E-state index in [0.717, 1.165) is 12.8 Å². The van der Waals surface area contributed by atoms with Crippen molar-refractivity contribution in [3.05, 3.63) is 0 Å². The lowest BCUT2D eigenvalue weighted by Gasteiger charge is -2.17. The molecular formula is C10H21ClF2N2O2. The van der Waals surface area contributed by atoms with Crippen molar-refractivity contribution in [3.8, 4) is 0 Å². The Morgan fingerprint density at radius 1 is 1.53 bits per heavy atom. The van der Waals surface area contributed by atoms with Crippen LogP contribution in [0.3, 0.4) is 0 Å². The molecule has 17 heavy (non-hydrogen) atoms. The van der Waals surface area contributed by atoms with Crippen molar-refractivity contribution < 1.29 is 18.3 Å². The number of carbonyl (C=O) groups is 1. The predicted molar refractivity (Wildman–Crippen MR) is 64.6 cm³/mol. The molecular weight excluding hydrogens is 254 g/mol. The predicted octanol–water partition coefficient (Wildman–Crippen LogP) is 1.32. The molecule has 0 rings (SSSR count). The first-order valence-corrected chi connectivity index (χ1v) is 5.40. The first kappa shape index (κ1) is 18.9. The molecule has 4 nitrogen and oxygen atoms in total. The van der Waals surface area contributed by atoms with Gasteiger partial charge in [0, 0.05) is 6.61 Å². The number of rotatable bonds is 8. The third kappa shape index (κ3) is 9.26. The van der Waals surface area contributed by atoms with Crippen molar-refractivity contribution in [3.63, 3.8) is 0 Å². The third-order valence-electron chi connectivity index (χ3n) is 2.05. The molecule has 0 radical (unpaired) electrons. The number of unbranched alkanes of at least 4 members (excludes halogenated alkanes) is 1. The molecule has 1 amide bonds. The number of ether oxygens (including phenoxy) is 1. The van der Waals surface area contributed by atoms with E-state index >= 15 is 0 Å². The van der Waals surface area contributed by atoms with Crippen LogP contribution in [0, 0.1) is 0 Å². The minimum Gasteiger partial charge on any atom is -0.369 e. The highest BCUT2D eigenvalue weighted by molar-refractivity contribution is 5.85. The molecule has 104 valence electrons. The first-order chi connectivity index (χ1) is 7.43. The Labute approximate surface area is 107 Å². The molecule has 0 heterocycles. The normalized spacial score (nSPS) is 12.8. The second kappa shape index (κ2) is 9.56. The summed E-state index contributed by atoms with van der Waals surface area (Å²) in [6, 6.07) is 0. The molecule has 0 aliphatic carbocycles. The van der Waals surface area contributed by atoms with Crippen molar-refractivity contribution in [2.45, 2.75) is 38.7 Å². The number of hydrogen-bond donors (Lipinski definition) is 2. The Kier molecular flexibility index (Phi) is 10.6. The summed E-state index contributed by atoms with van der Waals surface area (Å²) < 4.78 is 30.6. The van der Waals surface area contributed by atoms with Crippen LogP contribution >= 0.6 is 12.4 Å². The summed E-state index contributed by atoms with van der Waals surface area (Å²) in [5, 5.41) is 2.11. The molecule has 1 unspecified atom stereocenters. The third-order valence-corrected chi connectivity index (χ3v) is 2.05. The van der Waals surface area contributed by atoms with E-state index in [2.05, 4.69) is 5.32 Å². The summed E-state index contributed by atoms with van der Waals surface area (Å²) in [7, 11) is 0. The van der Waals surface area contributed by atoms with E-state index in [1.165, 1.54) is 6.92 Å². The summed E-state index contributed by atoms with van der Waals surface area (Å²) in [5.41, 5.74) is 4.83. The van der Waals surface area contributed by atoms with Crippen molar-refractivity contribution in [1.82, 2.24) is 5.32 Å². The maximum atomic E-state index is 12.7. The Morgan fingerprint density at radius 2 is 2.12 bits per heavy atom. The Bertz CT molecular complexity index is 218. The van der Waals surface area contributed by atoms with Gasteiger partial charge in [-0.3, -0.25) is 4.79 Å². The standard InChI is InChI=1S/C10H20F2N2O2.ClH/c1-3-4-5-16-8(2)9(15)14-7-10(11,12)6-13;/h8H,3-7,13H2,1-2H3,(H,14,15);1H. The summed E-state index contributed by atoms with van der Waals surface area (Å²) in [4.78, 5) is 11.3. The molecule has 3 N–H and O–H groups in total. The number of amides is 1.